The summed E-state index contributed by atoms with van der Waals surface area (Å²) < 4.78 is 5.33. The number of hydrogen-bond donors (Lipinski definition) is 5. The number of aliphatic hydroxyl groups excluding tert-OH is 4. The molecule has 1 aliphatic heterocycles. The Morgan fingerprint density at radius 3 is 2.35 bits per heavy atom. The van der Waals surface area contributed by atoms with Gasteiger partial charge in [0, 0.05) is 0 Å². The third-order valence-electron chi connectivity index (χ3n) is 3.39. The zero-order valence-electron chi connectivity index (χ0n) is 10.5. The summed E-state index contributed by atoms with van der Waals surface area (Å²) in [4.78, 5) is 11.2. The molecule has 7 nitrogen and oxygen atoms in total. The number of rotatable bonds is 3. The summed E-state index contributed by atoms with van der Waals surface area (Å²) in [6.07, 6.45) is -6.71. The topological polar surface area (TPSA) is 127 Å². The van der Waals surface area contributed by atoms with E-state index in [1.807, 2.05) is 0 Å². The summed E-state index contributed by atoms with van der Waals surface area (Å²) in [7, 11) is 0. The molecule has 110 valence electrons. The van der Waals surface area contributed by atoms with Crippen molar-refractivity contribution < 1.29 is 35.1 Å². The van der Waals surface area contributed by atoms with Crippen molar-refractivity contribution in [1.82, 2.24) is 0 Å². The van der Waals surface area contributed by atoms with Crippen LogP contribution in [0, 0.1) is 0 Å². The van der Waals surface area contributed by atoms with E-state index in [1.165, 1.54) is 18.2 Å². The van der Waals surface area contributed by atoms with Crippen molar-refractivity contribution in [2.75, 3.05) is 6.61 Å². The smallest absolute Gasteiger partial charge is 0.336 e. The van der Waals surface area contributed by atoms with E-state index in [4.69, 9.17) is 14.9 Å². The van der Waals surface area contributed by atoms with Gasteiger partial charge in [-0.3, -0.25) is 0 Å². The molecule has 1 saturated heterocycles. The minimum Gasteiger partial charge on any atom is -0.478 e. The second kappa shape index (κ2) is 5.86. The molecule has 0 aliphatic carbocycles. The first-order chi connectivity index (χ1) is 9.47. The molecular weight excluding hydrogens is 268 g/mol. The number of ether oxygens (including phenoxy) is 1. The second-order valence-corrected chi connectivity index (χ2v) is 4.64. The first-order valence-corrected chi connectivity index (χ1v) is 6.10. The fourth-order valence-electron chi connectivity index (χ4n) is 2.30. The van der Waals surface area contributed by atoms with Gasteiger partial charge in [-0.25, -0.2) is 4.79 Å². The summed E-state index contributed by atoms with van der Waals surface area (Å²) >= 11 is 0. The maximum absolute atomic E-state index is 11.2. The van der Waals surface area contributed by atoms with E-state index >= 15 is 0 Å². The monoisotopic (exact) mass is 284 g/mol. The Morgan fingerprint density at radius 2 is 1.75 bits per heavy atom. The van der Waals surface area contributed by atoms with E-state index in [-0.39, 0.29) is 11.1 Å². The first kappa shape index (κ1) is 14.9. The molecule has 0 radical (unpaired) electrons. The predicted octanol–water partition coefficient (Wildman–Crippen LogP) is -1.10. The Kier molecular flexibility index (Phi) is 4.36. The lowest BCUT2D eigenvalue weighted by Gasteiger charge is -2.40. The van der Waals surface area contributed by atoms with E-state index in [0.717, 1.165) is 0 Å². The Bertz CT molecular complexity index is 487. The quantitative estimate of drug-likeness (QED) is 0.476. The third-order valence-corrected chi connectivity index (χ3v) is 3.39. The van der Waals surface area contributed by atoms with Crippen molar-refractivity contribution in [2.24, 2.45) is 0 Å². The van der Waals surface area contributed by atoms with Gasteiger partial charge >= 0.3 is 5.97 Å². The average Bonchev–Trinajstić information content (AvgIpc) is 2.45. The molecule has 1 fully saturated rings. The predicted molar refractivity (Wildman–Crippen MR) is 66.1 cm³/mol. The third kappa shape index (κ3) is 2.54. The minimum absolute atomic E-state index is 0.0724. The van der Waals surface area contributed by atoms with Crippen LogP contribution in [0.1, 0.15) is 22.0 Å². The number of hydrogen-bond acceptors (Lipinski definition) is 6. The van der Waals surface area contributed by atoms with Crippen molar-refractivity contribution >= 4 is 5.97 Å². The van der Waals surface area contributed by atoms with Crippen LogP contribution in [-0.4, -0.2) is 62.5 Å². The molecule has 5 atom stereocenters. The van der Waals surface area contributed by atoms with Crippen LogP contribution in [0.3, 0.4) is 0 Å². The van der Waals surface area contributed by atoms with Gasteiger partial charge in [0.2, 0.25) is 0 Å². The van der Waals surface area contributed by atoms with Gasteiger partial charge < -0.3 is 30.3 Å². The number of aliphatic hydroxyl groups is 4. The summed E-state index contributed by atoms with van der Waals surface area (Å²) in [5.41, 5.74) is 0.105. The van der Waals surface area contributed by atoms with E-state index < -0.39 is 43.1 Å². The maximum Gasteiger partial charge on any atom is 0.336 e. The van der Waals surface area contributed by atoms with Crippen LogP contribution in [0.4, 0.5) is 0 Å². The van der Waals surface area contributed by atoms with Crippen molar-refractivity contribution in [3.8, 4) is 0 Å². The van der Waals surface area contributed by atoms with Crippen molar-refractivity contribution in [3.63, 3.8) is 0 Å². The molecule has 0 aromatic heterocycles. The van der Waals surface area contributed by atoms with Crippen LogP contribution < -0.4 is 0 Å². The molecule has 1 unspecified atom stereocenters. The Morgan fingerprint density at radius 1 is 1.10 bits per heavy atom. The van der Waals surface area contributed by atoms with Gasteiger partial charge in [-0.15, -0.1) is 0 Å². The first-order valence-electron chi connectivity index (χ1n) is 6.10. The van der Waals surface area contributed by atoms with Gasteiger partial charge in [-0.1, -0.05) is 18.2 Å². The summed E-state index contributed by atoms with van der Waals surface area (Å²) in [5, 5.41) is 47.6. The lowest BCUT2D eigenvalue weighted by atomic mass is 9.89. The van der Waals surface area contributed by atoms with Crippen LogP contribution in [0.15, 0.2) is 24.3 Å². The Balaban J connectivity index is 2.39. The summed E-state index contributed by atoms with van der Waals surface area (Å²) in [5.74, 6) is -1.20. The van der Waals surface area contributed by atoms with Crippen LogP contribution in [0.25, 0.3) is 0 Å². The number of aromatic carboxylic acids is 1. The molecular formula is C13H16O7. The maximum atomic E-state index is 11.2. The van der Waals surface area contributed by atoms with E-state index in [9.17, 15) is 20.1 Å². The van der Waals surface area contributed by atoms with Crippen LogP contribution >= 0.6 is 0 Å². The molecule has 0 saturated carbocycles. The highest BCUT2D eigenvalue weighted by atomic mass is 16.5. The highest BCUT2D eigenvalue weighted by Crippen LogP contribution is 2.33. The van der Waals surface area contributed by atoms with Gasteiger partial charge in [-0.05, 0) is 11.6 Å². The van der Waals surface area contributed by atoms with E-state index in [2.05, 4.69) is 0 Å². The normalized spacial score (nSPS) is 33.9. The van der Waals surface area contributed by atoms with Gasteiger partial charge in [0.05, 0.1) is 12.2 Å². The highest BCUT2D eigenvalue weighted by molar-refractivity contribution is 5.89. The molecule has 2 rings (SSSR count). The van der Waals surface area contributed by atoms with Gasteiger partial charge in [0.25, 0.3) is 0 Å². The van der Waals surface area contributed by atoms with Crippen LogP contribution in [-0.2, 0) is 4.74 Å². The van der Waals surface area contributed by atoms with Crippen LogP contribution in [0.2, 0.25) is 0 Å². The fourth-order valence-corrected chi connectivity index (χ4v) is 2.30. The molecule has 1 aliphatic rings. The molecule has 1 aromatic rings. The Hall–Kier alpha value is -1.51. The highest BCUT2D eigenvalue weighted by Gasteiger charge is 2.44. The van der Waals surface area contributed by atoms with E-state index in [0.29, 0.717) is 0 Å². The van der Waals surface area contributed by atoms with E-state index in [1.54, 1.807) is 6.07 Å². The van der Waals surface area contributed by atoms with Crippen LogP contribution in [0.5, 0.6) is 0 Å². The average molecular weight is 284 g/mol. The molecule has 0 bridgehead atoms. The molecule has 5 N–H and O–H groups in total. The minimum atomic E-state index is -1.53. The van der Waals surface area contributed by atoms with Crippen molar-refractivity contribution in [2.45, 2.75) is 30.5 Å². The standard InChI is InChI=1S/C13H16O7/c14-5-8-9(15)10(16)11(17)12(20-8)6-3-1-2-4-7(6)13(18)19/h1-4,8-12,14-17H,5H2,(H,18,19)/t8-,9-,10-,11-,12?/m1/s1. The molecule has 1 heterocycles. The second-order valence-electron chi connectivity index (χ2n) is 4.64. The number of carbonyl (C=O) groups is 1. The number of carboxylic acids is 1. The lowest BCUT2D eigenvalue weighted by molar-refractivity contribution is -0.231. The van der Waals surface area contributed by atoms with Gasteiger partial charge in [0.15, 0.2) is 0 Å². The SMILES string of the molecule is O=C(O)c1ccccc1C1O[C@H](CO)[C@@H](O)[C@@H](O)[C@H]1O. The Labute approximate surface area is 114 Å². The molecule has 0 amide bonds. The van der Waals surface area contributed by atoms with Gasteiger partial charge in [0.1, 0.15) is 30.5 Å². The molecule has 7 heteroatoms. The molecule has 0 spiro atoms. The van der Waals surface area contributed by atoms with Crippen molar-refractivity contribution in [1.29, 1.82) is 0 Å². The number of benzene rings is 1. The largest absolute Gasteiger partial charge is 0.478 e. The zero-order chi connectivity index (χ0) is 14.9. The van der Waals surface area contributed by atoms with Gasteiger partial charge in [-0.2, -0.15) is 0 Å². The molecule has 20 heavy (non-hydrogen) atoms. The lowest BCUT2D eigenvalue weighted by Crippen LogP contribution is -2.55. The number of carboxylic acid groups (broad SMARTS) is 1. The van der Waals surface area contributed by atoms with Crippen molar-refractivity contribution in [3.05, 3.63) is 35.4 Å². The summed E-state index contributed by atoms with van der Waals surface area (Å²) in [6, 6.07) is 5.90. The summed E-state index contributed by atoms with van der Waals surface area (Å²) in [6.45, 7) is -0.559. The fraction of sp³-hybridized carbons (Fsp3) is 0.462. The zero-order valence-corrected chi connectivity index (χ0v) is 10.5. The molecule has 1 aromatic carbocycles.